The van der Waals surface area contributed by atoms with E-state index in [0.29, 0.717) is 35.7 Å². The maximum atomic E-state index is 11.9. The average Bonchev–Trinajstić information content (AvgIpc) is 2.44. The summed E-state index contributed by atoms with van der Waals surface area (Å²) in [5, 5.41) is 0.498. The molecule has 2 rings (SSSR count). The quantitative estimate of drug-likeness (QED) is 0.651. The van der Waals surface area contributed by atoms with E-state index in [1.54, 1.807) is 25.3 Å². The van der Waals surface area contributed by atoms with Gasteiger partial charge in [-0.2, -0.15) is 0 Å². The van der Waals surface area contributed by atoms with Gasteiger partial charge in [0.1, 0.15) is 11.6 Å². The van der Waals surface area contributed by atoms with Crippen LogP contribution in [0.4, 0.5) is 0 Å². The number of rotatable bonds is 6. The standard InChI is InChI=1S/C13H15ClN2O3/c1-18-5-2-6-19-9-3-4-11-10(7-9)13(17)16-12(8-14)15-11/h3-4,7H,2,5-6,8H2,1H3,(H,15,16,17). The van der Waals surface area contributed by atoms with Crippen LogP contribution in [-0.4, -0.2) is 30.3 Å². The van der Waals surface area contributed by atoms with Crippen LogP contribution in [0.3, 0.4) is 0 Å². The van der Waals surface area contributed by atoms with Crippen molar-refractivity contribution in [1.29, 1.82) is 0 Å². The SMILES string of the molecule is COCCCOc1ccc2nc(CCl)[nH]c(=O)c2c1. The lowest BCUT2D eigenvalue weighted by Gasteiger charge is -2.07. The molecule has 2 aromatic rings. The van der Waals surface area contributed by atoms with Gasteiger partial charge in [-0.05, 0) is 18.2 Å². The summed E-state index contributed by atoms with van der Waals surface area (Å²) in [4.78, 5) is 18.7. The van der Waals surface area contributed by atoms with Crippen molar-refractivity contribution in [3.8, 4) is 5.75 Å². The summed E-state index contributed by atoms with van der Waals surface area (Å²) in [5.74, 6) is 1.29. The zero-order valence-electron chi connectivity index (χ0n) is 10.6. The third kappa shape index (κ3) is 3.45. The monoisotopic (exact) mass is 282 g/mol. The average molecular weight is 283 g/mol. The van der Waals surface area contributed by atoms with Crippen LogP contribution < -0.4 is 10.3 Å². The highest BCUT2D eigenvalue weighted by atomic mass is 35.5. The fraction of sp³-hybridized carbons (Fsp3) is 0.385. The summed E-state index contributed by atoms with van der Waals surface area (Å²) in [6, 6.07) is 5.23. The second kappa shape index (κ2) is 6.54. The minimum atomic E-state index is -0.206. The van der Waals surface area contributed by atoms with E-state index in [-0.39, 0.29) is 11.4 Å². The molecule has 5 nitrogen and oxygen atoms in total. The first-order valence-corrected chi connectivity index (χ1v) is 6.48. The maximum absolute atomic E-state index is 11.9. The highest BCUT2D eigenvalue weighted by Gasteiger charge is 2.05. The highest BCUT2D eigenvalue weighted by molar-refractivity contribution is 6.16. The number of hydrogen-bond acceptors (Lipinski definition) is 4. The molecule has 1 aromatic carbocycles. The normalized spacial score (nSPS) is 10.8. The van der Waals surface area contributed by atoms with Gasteiger partial charge in [-0.15, -0.1) is 11.6 Å². The molecule has 1 N–H and O–H groups in total. The number of ether oxygens (including phenoxy) is 2. The van der Waals surface area contributed by atoms with Gasteiger partial charge >= 0.3 is 0 Å². The Hall–Kier alpha value is -1.59. The van der Waals surface area contributed by atoms with Crippen LogP contribution in [0.15, 0.2) is 23.0 Å². The number of fused-ring (bicyclic) bond motifs is 1. The fourth-order valence-electron chi connectivity index (χ4n) is 1.71. The molecule has 0 bridgehead atoms. The van der Waals surface area contributed by atoms with E-state index in [1.165, 1.54) is 0 Å². The van der Waals surface area contributed by atoms with Gasteiger partial charge in [0.25, 0.3) is 5.56 Å². The van der Waals surface area contributed by atoms with Crippen LogP contribution in [0, 0.1) is 0 Å². The Morgan fingerprint density at radius 1 is 1.37 bits per heavy atom. The first-order chi connectivity index (χ1) is 9.24. The number of nitrogens with zero attached hydrogens (tertiary/aromatic N) is 1. The largest absolute Gasteiger partial charge is 0.493 e. The number of alkyl halides is 1. The van der Waals surface area contributed by atoms with Gasteiger partial charge in [-0.1, -0.05) is 0 Å². The molecule has 0 radical (unpaired) electrons. The second-order valence-corrected chi connectivity index (χ2v) is 4.29. The predicted octanol–water partition coefficient (Wildman–Crippen LogP) is 2.08. The van der Waals surface area contributed by atoms with Gasteiger partial charge in [0.15, 0.2) is 0 Å². The molecule has 6 heteroatoms. The van der Waals surface area contributed by atoms with Crippen LogP contribution in [0.25, 0.3) is 10.9 Å². The zero-order chi connectivity index (χ0) is 13.7. The number of methoxy groups -OCH3 is 1. The van der Waals surface area contributed by atoms with Gasteiger partial charge in [0.05, 0.1) is 23.4 Å². The van der Waals surface area contributed by atoms with Gasteiger partial charge in [0.2, 0.25) is 0 Å². The molecule has 0 saturated heterocycles. The van der Waals surface area contributed by atoms with Crippen molar-refractivity contribution >= 4 is 22.5 Å². The van der Waals surface area contributed by atoms with Gasteiger partial charge in [-0.3, -0.25) is 4.79 Å². The predicted molar refractivity (Wildman–Crippen MR) is 73.9 cm³/mol. The molecule has 0 amide bonds. The summed E-state index contributed by atoms with van der Waals surface area (Å²) in [6.45, 7) is 1.19. The Labute approximate surface area is 115 Å². The van der Waals surface area contributed by atoms with Crippen molar-refractivity contribution in [3.63, 3.8) is 0 Å². The van der Waals surface area contributed by atoms with Crippen LogP contribution in [0.2, 0.25) is 0 Å². The van der Waals surface area contributed by atoms with Crippen LogP contribution >= 0.6 is 11.6 Å². The number of halogens is 1. The Kier molecular flexibility index (Phi) is 4.76. The highest BCUT2D eigenvalue weighted by Crippen LogP contribution is 2.17. The van der Waals surface area contributed by atoms with E-state index < -0.39 is 0 Å². The molecular weight excluding hydrogens is 268 g/mol. The fourth-order valence-corrected chi connectivity index (χ4v) is 1.84. The van der Waals surface area contributed by atoms with Crippen LogP contribution in [0.1, 0.15) is 12.2 Å². The molecule has 0 unspecified atom stereocenters. The van der Waals surface area contributed by atoms with Crippen molar-refractivity contribution in [2.75, 3.05) is 20.3 Å². The van der Waals surface area contributed by atoms with E-state index >= 15 is 0 Å². The molecule has 19 heavy (non-hydrogen) atoms. The lowest BCUT2D eigenvalue weighted by Crippen LogP contribution is -2.11. The summed E-state index contributed by atoms with van der Waals surface area (Å²) in [6.07, 6.45) is 0.800. The summed E-state index contributed by atoms with van der Waals surface area (Å²) in [5.41, 5.74) is 0.409. The zero-order valence-corrected chi connectivity index (χ0v) is 11.4. The lowest BCUT2D eigenvalue weighted by molar-refractivity contribution is 0.172. The summed E-state index contributed by atoms with van der Waals surface area (Å²) < 4.78 is 10.5. The van der Waals surface area contributed by atoms with E-state index in [0.717, 1.165) is 6.42 Å². The molecule has 1 heterocycles. The Balaban J connectivity index is 2.21. The Morgan fingerprint density at radius 2 is 2.21 bits per heavy atom. The third-order valence-corrected chi connectivity index (χ3v) is 2.87. The lowest BCUT2D eigenvalue weighted by atomic mass is 10.2. The third-order valence-electron chi connectivity index (χ3n) is 2.61. The van der Waals surface area contributed by atoms with Crippen LogP contribution in [-0.2, 0) is 10.6 Å². The molecule has 0 aliphatic carbocycles. The first kappa shape index (κ1) is 13.8. The minimum Gasteiger partial charge on any atom is -0.493 e. The van der Waals surface area contributed by atoms with E-state index in [2.05, 4.69) is 9.97 Å². The van der Waals surface area contributed by atoms with Gasteiger partial charge in [0, 0.05) is 20.1 Å². The van der Waals surface area contributed by atoms with Crippen molar-refractivity contribution in [2.45, 2.75) is 12.3 Å². The van der Waals surface area contributed by atoms with Crippen LogP contribution in [0.5, 0.6) is 5.75 Å². The molecule has 0 fully saturated rings. The molecule has 0 aliphatic rings. The smallest absolute Gasteiger partial charge is 0.258 e. The summed E-state index contributed by atoms with van der Waals surface area (Å²) in [7, 11) is 1.65. The van der Waals surface area contributed by atoms with E-state index in [4.69, 9.17) is 21.1 Å². The second-order valence-electron chi connectivity index (χ2n) is 4.02. The van der Waals surface area contributed by atoms with E-state index in [1.807, 2.05) is 0 Å². The number of aromatic nitrogens is 2. The van der Waals surface area contributed by atoms with Crippen molar-refractivity contribution < 1.29 is 9.47 Å². The van der Waals surface area contributed by atoms with Crippen molar-refractivity contribution in [1.82, 2.24) is 9.97 Å². The minimum absolute atomic E-state index is 0.181. The number of hydrogen-bond donors (Lipinski definition) is 1. The first-order valence-electron chi connectivity index (χ1n) is 5.95. The molecule has 102 valence electrons. The summed E-state index contributed by atoms with van der Waals surface area (Å²) >= 11 is 5.66. The molecule has 0 spiro atoms. The van der Waals surface area contributed by atoms with Crippen molar-refractivity contribution in [2.24, 2.45) is 0 Å². The number of aromatic amines is 1. The molecule has 0 atom stereocenters. The van der Waals surface area contributed by atoms with Gasteiger partial charge < -0.3 is 14.5 Å². The number of nitrogens with one attached hydrogen (secondary N) is 1. The number of H-pyrrole nitrogens is 1. The topological polar surface area (TPSA) is 64.2 Å². The molecular formula is C13H15ClN2O3. The Bertz CT molecular complexity index is 612. The number of benzene rings is 1. The van der Waals surface area contributed by atoms with Gasteiger partial charge in [-0.25, -0.2) is 4.98 Å². The molecule has 1 aromatic heterocycles. The van der Waals surface area contributed by atoms with Crippen molar-refractivity contribution in [3.05, 3.63) is 34.4 Å². The molecule has 0 saturated carbocycles. The van der Waals surface area contributed by atoms with E-state index in [9.17, 15) is 4.79 Å². The molecule has 0 aliphatic heterocycles. The maximum Gasteiger partial charge on any atom is 0.258 e. The Morgan fingerprint density at radius 3 is 2.95 bits per heavy atom.